The number of hydrogen-bond donors (Lipinski definition) is 0. The van der Waals surface area contributed by atoms with Crippen LogP contribution in [-0.2, 0) is 0 Å². The molecule has 2 aromatic rings. The number of amides is 1. The van der Waals surface area contributed by atoms with Gasteiger partial charge in [-0.2, -0.15) is 0 Å². The molecule has 0 bridgehead atoms. The molecule has 3 heterocycles. The van der Waals surface area contributed by atoms with E-state index in [0.717, 1.165) is 43.9 Å². The number of fused-ring (bicyclic) bond motifs is 1. The Hall–Kier alpha value is -1.95. The number of carbonyl (C=O) groups excluding carboxylic acids is 1. The van der Waals surface area contributed by atoms with Crippen LogP contribution >= 0.6 is 0 Å². The molecule has 1 aliphatic carbocycles. The van der Waals surface area contributed by atoms with Gasteiger partial charge < -0.3 is 14.4 Å². The maximum Gasteiger partial charge on any atom is 0.255 e. The van der Waals surface area contributed by atoms with Crippen LogP contribution in [0, 0.1) is 0 Å². The van der Waals surface area contributed by atoms with Crippen LogP contribution in [0.5, 0.6) is 0 Å². The monoisotopic (exact) mass is 383 g/mol. The van der Waals surface area contributed by atoms with E-state index in [9.17, 15) is 4.79 Å². The Balaban J connectivity index is 1.44. The van der Waals surface area contributed by atoms with Gasteiger partial charge in [-0.15, -0.1) is 0 Å². The Morgan fingerprint density at radius 2 is 1.86 bits per heavy atom. The van der Waals surface area contributed by atoms with E-state index < -0.39 is 0 Å². The first kappa shape index (κ1) is 19.4. The minimum Gasteiger partial charge on any atom is -0.338 e. The van der Waals surface area contributed by atoms with Crippen molar-refractivity contribution in [1.29, 1.82) is 0 Å². The SMILES string of the molecule is CCN(CCN1CCCCCC1)C(=O)c1cnc2c(c1)ncn2C1CCCC1. The number of nitrogens with zero attached hydrogens (tertiary/aromatic N) is 5. The van der Waals surface area contributed by atoms with Gasteiger partial charge in [-0.25, -0.2) is 9.97 Å². The van der Waals surface area contributed by atoms with Crippen molar-refractivity contribution in [1.82, 2.24) is 24.3 Å². The molecule has 1 amide bonds. The molecule has 6 nitrogen and oxygen atoms in total. The molecule has 6 heteroatoms. The molecule has 1 aliphatic heterocycles. The van der Waals surface area contributed by atoms with Crippen LogP contribution < -0.4 is 0 Å². The highest BCUT2D eigenvalue weighted by Crippen LogP contribution is 2.31. The minimum absolute atomic E-state index is 0.0714. The summed E-state index contributed by atoms with van der Waals surface area (Å²) in [6.07, 6.45) is 13.9. The van der Waals surface area contributed by atoms with Crippen molar-refractivity contribution in [3.05, 3.63) is 24.2 Å². The highest BCUT2D eigenvalue weighted by Gasteiger charge is 2.21. The van der Waals surface area contributed by atoms with E-state index >= 15 is 0 Å². The number of pyridine rings is 1. The van der Waals surface area contributed by atoms with Gasteiger partial charge in [-0.1, -0.05) is 25.7 Å². The number of likely N-dealkylation sites (tertiary alicyclic amines) is 1. The van der Waals surface area contributed by atoms with Crippen LogP contribution in [0.15, 0.2) is 18.6 Å². The van der Waals surface area contributed by atoms with E-state index in [2.05, 4.69) is 26.4 Å². The first-order valence-electron chi connectivity index (χ1n) is 11.1. The van der Waals surface area contributed by atoms with Crippen LogP contribution in [0.4, 0.5) is 0 Å². The Labute approximate surface area is 167 Å². The molecule has 152 valence electrons. The number of likely N-dealkylation sites (N-methyl/N-ethyl adjacent to an activating group) is 1. The third kappa shape index (κ3) is 4.22. The van der Waals surface area contributed by atoms with Gasteiger partial charge in [-0.3, -0.25) is 4.79 Å². The summed E-state index contributed by atoms with van der Waals surface area (Å²) >= 11 is 0. The fourth-order valence-corrected chi connectivity index (χ4v) is 4.69. The molecule has 0 unspecified atom stereocenters. The van der Waals surface area contributed by atoms with Crippen LogP contribution in [-0.4, -0.2) is 63.0 Å². The zero-order valence-corrected chi connectivity index (χ0v) is 17.1. The van der Waals surface area contributed by atoms with E-state index in [1.165, 1.54) is 51.4 Å². The number of rotatable bonds is 6. The molecule has 1 saturated heterocycles. The quantitative estimate of drug-likeness (QED) is 0.759. The second-order valence-corrected chi connectivity index (χ2v) is 8.30. The second kappa shape index (κ2) is 9.03. The second-order valence-electron chi connectivity index (χ2n) is 8.30. The summed E-state index contributed by atoms with van der Waals surface area (Å²) in [4.78, 5) is 26.7. The molecule has 0 spiro atoms. The van der Waals surface area contributed by atoms with Crippen LogP contribution in [0.25, 0.3) is 11.2 Å². The van der Waals surface area contributed by atoms with Gasteiger partial charge in [0.25, 0.3) is 5.91 Å². The summed E-state index contributed by atoms with van der Waals surface area (Å²) in [6.45, 7) is 6.85. The Morgan fingerprint density at radius 1 is 1.11 bits per heavy atom. The van der Waals surface area contributed by atoms with Gasteiger partial charge >= 0.3 is 0 Å². The molecule has 2 aromatic heterocycles. The summed E-state index contributed by atoms with van der Waals surface area (Å²) in [7, 11) is 0. The lowest BCUT2D eigenvalue weighted by atomic mass is 10.2. The summed E-state index contributed by atoms with van der Waals surface area (Å²) in [5.41, 5.74) is 2.40. The molecular formula is C22H33N5O. The first-order chi connectivity index (χ1) is 13.8. The summed E-state index contributed by atoms with van der Waals surface area (Å²) in [6, 6.07) is 2.44. The summed E-state index contributed by atoms with van der Waals surface area (Å²) < 4.78 is 2.20. The van der Waals surface area contributed by atoms with Crippen molar-refractivity contribution in [3.8, 4) is 0 Å². The predicted molar refractivity (Wildman–Crippen MR) is 112 cm³/mol. The lowest BCUT2D eigenvalue weighted by Gasteiger charge is -2.26. The van der Waals surface area contributed by atoms with E-state index in [0.29, 0.717) is 11.6 Å². The van der Waals surface area contributed by atoms with E-state index in [1.807, 2.05) is 17.3 Å². The molecular weight excluding hydrogens is 350 g/mol. The van der Waals surface area contributed by atoms with E-state index in [4.69, 9.17) is 0 Å². The molecule has 4 rings (SSSR count). The Bertz CT molecular complexity index is 787. The Kier molecular flexibility index (Phi) is 6.25. The first-order valence-corrected chi connectivity index (χ1v) is 11.1. The fraction of sp³-hybridized carbons (Fsp3) is 0.682. The average molecular weight is 384 g/mol. The van der Waals surface area contributed by atoms with Gasteiger partial charge in [0, 0.05) is 31.9 Å². The summed E-state index contributed by atoms with van der Waals surface area (Å²) in [5.74, 6) is 0.0714. The van der Waals surface area contributed by atoms with Gasteiger partial charge in [-0.05, 0) is 51.8 Å². The van der Waals surface area contributed by atoms with Gasteiger partial charge in [0.05, 0.1) is 11.9 Å². The summed E-state index contributed by atoms with van der Waals surface area (Å²) in [5, 5.41) is 0. The average Bonchev–Trinajstić information content (AvgIpc) is 3.32. The van der Waals surface area contributed by atoms with Crippen LogP contribution in [0.2, 0.25) is 0 Å². The number of hydrogen-bond acceptors (Lipinski definition) is 4. The van der Waals surface area contributed by atoms with Gasteiger partial charge in [0.1, 0.15) is 5.52 Å². The molecule has 0 radical (unpaired) electrons. The highest BCUT2D eigenvalue weighted by atomic mass is 16.2. The van der Waals surface area contributed by atoms with Crippen LogP contribution in [0.3, 0.4) is 0 Å². The van der Waals surface area contributed by atoms with Gasteiger partial charge in [0.2, 0.25) is 0 Å². The van der Waals surface area contributed by atoms with E-state index in [1.54, 1.807) is 6.20 Å². The standard InChI is InChI=1S/C22H33N5O/c1-2-26(14-13-25-11-7-3-4-8-12-25)22(28)18-15-20-21(23-16-18)27(17-24-20)19-9-5-6-10-19/h15-17,19H,2-14H2,1H3. The predicted octanol–water partition coefficient (Wildman–Crippen LogP) is 3.88. The fourth-order valence-electron chi connectivity index (χ4n) is 4.69. The van der Waals surface area contributed by atoms with Crippen molar-refractivity contribution in [3.63, 3.8) is 0 Å². The lowest BCUT2D eigenvalue weighted by molar-refractivity contribution is 0.0745. The number of imidazole rings is 1. The molecule has 0 N–H and O–H groups in total. The van der Waals surface area contributed by atoms with Crippen molar-refractivity contribution in [2.45, 2.75) is 64.3 Å². The largest absolute Gasteiger partial charge is 0.338 e. The van der Waals surface area contributed by atoms with E-state index in [-0.39, 0.29) is 5.91 Å². The van der Waals surface area contributed by atoms with Crippen molar-refractivity contribution >= 4 is 17.1 Å². The number of carbonyl (C=O) groups is 1. The number of aromatic nitrogens is 3. The maximum absolute atomic E-state index is 13.1. The molecule has 0 atom stereocenters. The zero-order chi connectivity index (χ0) is 19.3. The van der Waals surface area contributed by atoms with Crippen molar-refractivity contribution < 1.29 is 4.79 Å². The Morgan fingerprint density at radius 3 is 2.57 bits per heavy atom. The molecule has 1 saturated carbocycles. The molecule has 0 aromatic carbocycles. The van der Waals surface area contributed by atoms with Gasteiger partial charge in [0.15, 0.2) is 5.65 Å². The topological polar surface area (TPSA) is 54.3 Å². The molecule has 28 heavy (non-hydrogen) atoms. The van der Waals surface area contributed by atoms with Crippen molar-refractivity contribution in [2.75, 3.05) is 32.7 Å². The third-order valence-electron chi connectivity index (χ3n) is 6.43. The molecule has 2 aliphatic rings. The zero-order valence-electron chi connectivity index (χ0n) is 17.1. The van der Waals surface area contributed by atoms with Crippen molar-refractivity contribution in [2.24, 2.45) is 0 Å². The minimum atomic E-state index is 0.0714. The smallest absolute Gasteiger partial charge is 0.255 e. The normalized spacial score (nSPS) is 19.2. The lowest BCUT2D eigenvalue weighted by Crippen LogP contribution is -2.39. The van der Waals surface area contributed by atoms with Crippen LogP contribution in [0.1, 0.15) is 74.7 Å². The maximum atomic E-state index is 13.1. The third-order valence-corrected chi connectivity index (χ3v) is 6.43. The molecule has 2 fully saturated rings. The highest BCUT2D eigenvalue weighted by molar-refractivity contribution is 5.96.